The molecule has 3 heterocycles. The van der Waals surface area contributed by atoms with Crippen molar-refractivity contribution in [1.29, 1.82) is 0 Å². The van der Waals surface area contributed by atoms with Crippen LogP contribution in [0.4, 0.5) is 5.95 Å². The predicted octanol–water partition coefficient (Wildman–Crippen LogP) is 5.05. The van der Waals surface area contributed by atoms with Gasteiger partial charge in [-0.05, 0) is 61.6 Å². The monoisotopic (exact) mass is 467 g/mol. The maximum Gasteiger partial charge on any atom is 0.253 e. The minimum atomic E-state index is 0.137. The lowest BCUT2D eigenvalue weighted by Gasteiger charge is -2.18. The third kappa shape index (κ3) is 4.50. The van der Waals surface area contributed by atoms with E-state index in [1.807, 2.05) is 53.4 Å². The third-order valence-electron chi connectivity index (χ3n) is 6.03. The Kier molecular flexibility index (Phi) is 6.37. The van der Waals surface area contributed by atoms with Gasteiger partial charge in [0.2, 0.25) is 5.95 Å². The summed E-state index contributed by atoms with van der Waals surface area (Å²) < 4.78 is 2.10. The SMILES string of the molecule is O=C(c1ccc(CSc2nnc(N3CCCC3)n2-c2cccc(Cl)c2)cc1)N1CCCC1. The van der Waals surface area contributed by atoms with Gasteiger partial charge in [0.1, 0.15) is 0 Å². The Balaban J connectivity index is 1.34. The number of likely N-dealkylation sites (tertiary alicyclic amines) is 1. The largest absolute Gasteiger partial charge is 0.341 e. The van der Waals surface area contributed by atoms with Crippen LogP contribution >= 0.6 is 23.4 Å². The Labute approximate surface area is 197 Å². The Morgan fingerprint density at radius 1 is 0.938 bits per heavy atom. The molecule has 6 nitrogen and oxygen atoms in total. The van der Waals surface area contributed by atoms with Crippen LogP contribution in [0.2, 0.25) is 5.02 Å². The predicted molar refractivity (Wildman–Crippen MR) is 129 cm³/mol. The van der Waals surface area contributed by atoms with Crippen LogP contribution in [-0.4, -0.2) is 51.8 Å². The quantitative estimate of drug-likeness (QED) is 0.475. The summed E-state index contributed by atoms with van der Waals surface area (Å²) in [4.78, 5) is 16.8. The molecular formula is C24H26ClN5OS. The number of rotatable bonds is 6. The molecule has 5 rings (SSSR count). The average molecular weight is 468 g/mol. The van der Waals surface area contributed by atoms with Gasteiger partial charge in [-0.15, -0.1) is 10.2 Å². The number of aromatic nitrogens is 3. The summed E-state index contributed by atoms with van der Waals surface area (Å²) in [5.74, 6) is 1.76. The fraction of sp³-hybridized carbons (Fsp3) is 0.375. The highest BCUT2D eigenvalue weighted by Gasteiger charge is 2.23. The number of halogens is 1. The summed E-state index contributed by atoms with van der Waals surface area (Å²) in [6.07, 6.45) is 4.56. The fourth-order valence-electron chi connectivity index (χ4n) is 4.31. The van der Waals surface area contributed by atoms with E-state index in [2.05, 4.69) is 19.7 Å². The van der Waals surface area contributed by atoms with Crippen LogP contribution in [-0.2, 0) is 5.75 Å². The van der Waals surface area contributed by atoms with Gasteiger partial charge in [0.25, 0.3) is 5.91 Å². The Morgan fingerprint density at radius 2 is 1.66 bits per heavy atom. The lowest BCUT2D eigenvalue weighted by atomic mass is 10.1. The number of carbonyl (C=O) groups is 1. The molecule has 3 aromatic rings. The van der Waals surface area contributed by atoms with Gasteiger partial charge in [0, 0.05) is 42.5 Å². The Bertz CT molecular complexity index is 1090. The van der Waals surface area contributed by atoms with Crippen molar-refractivity contribution in [2.45, 2.75) is 36.6 Å². The molecule has 0 aliphatic carbocycles. The highest BCUT2D eigenvalue weighted by atomic mass is 35.5. The summed E-state index contributed by atoms with van der Waals surface area (Å²) >= 11 is 7.93. The lowest BCUT2D eigenvalue weighted by Crippen LogP contribution is -2.27. The lowest BCUT2D eigenvalue weighted by molar-refractivity contribution is 0.0793. The summed E-state index contributed by atoms with van der Waals surface area (Å²) in [7, 11) is 0. The molecule has 1 aromatic heterocycles. The second kappa shape index (κ2) is 9.55. The van der Waals surface area contributed by atoms with E-state index in [1.54, 1.807) is 11.8 Å². The summed E-state index contributed by atoms with van der Waals surface area (Å²) in [5.41, 5.74) is 2.88. The number of benzene rings is 2. The molecule has 0 spiro atoms. The minimum Gasteiger partial charge on any atom is -0.341 e. The second-order valence-electron chi connectivity index (χ2n) is 8.28. The normalized spacial score (nSPS) is 16.2. The van der Waals surface area contributed by atoms with E-state index < -0.39 is 0 Å². The molecule has 1 amide bonds. The maximum absolute atomic E-state index is 12.6. The van der Waals surface area contributed by atoms with E-state index in [4.69, 9.17) is 11.6 Å². The van der Waals surface area contributed by atoms with Crippen LogP contribution in [0.3, 0.4) is 0 Å². The number of nitrogens with zero attached hydrogens (tertiary/aromatic N) is 5. The van der Waals surface area contributed by atoms with Gasteiger partial charge in [-0.25, -0.2) is 0 Å². The van der Waals surface area contributed by atoms with E-state index in [9.17, 15) is 4.79 Å². The molecule has 0 bridgehead atoms. The van der Waals surface area contributed by atoms with Crippen LogP contribution in [0, 0.1) is 0 Å². The van der Waals surface area contributed by atoms with E-state index in [-0.39, 0.29) is 5.91 Å². The van der Waals surface area contributed by atoms with Crippen LogP contribution in [0.5, 0.6) is 0 Å². The van der Waals surface area contributed by atoms with Crippen molar-refractivity contribution in [2.24, 2.45) is 0 Å². The Hall–Kier alpha value is -2.51. The third-order valence-corrected chi connectivity index (χ3v) is 7.27. The standard InChI is InChI=1S/C24H26ClN5OS/c25-20-6-5-7-21(16-20)30-23(29-14-3-4-15-29)26-27-24(30)32-17-18-8-10-19(11-9-18)22(31)28-12-1-2-13-28/h5-11,16H,1-4,12-15,17H2. The van der Waals surface area contributed by atoms with Gasteiger partial charge in [0.15, 0.2) is 5.16 Å². The van der Waals surface area contributed by atoms with Gasteiger partial charge in [-0.3, -0.25) is 9.36 Å². The van der Waals surface area contributed by atoms with Gasteiger partial charge in [-0.1, -0.05) is 41.6 Å². The topological polar surface area (TPSA) is 54.3 Å². The molecule has 2 aliphatic heterocycles. The van der Waals surface area contributed by atoms with E-state index in [1.165, 1.54) is 12.8 Å². The number of anilines is 1. The van der Waals surface area contributed by atoms with Crippen molar-refractivity contribution in [3.05, 3.63) is 64.7 Å². The molecule has 166 valence electrons. The number of amides is 1. The molecule has 2 aliphatic rings. The minimum absolute atomic E-state index is 0.137. The first-order chi connectivity index (χ1) is 15.7. The van der Waals surface area contributed by atoms with E-state index in [0.29, 0.717) is 5.02 Å². The molecule has 8 heteroatoms. The van der Waals surface area contributed by atoms with Gasteiger partial charge < -0.3 is 9.80 Å². The molecule has 2 aromatic carbocycles. The highest BCUT2D eigenvalue weighted by Crippen LogP contribution is 2.31. The van der Waals surface area contributed by atoms with E-state index in [0.717, 1.165) is 72.7 Å². The average Bonchev–Trinajstić information content (AvgIpc) is 3.59. The molecule has 0 atom stereocenters. The van der Waals surface area contributed by atoms with Crippen LogP contribution in [0.15, 0.2) is 53.7 Å². The molecule has 32 heavy (non-hydrogen) atoms. The first kappa shape index (κ1) is 21.3. The summed E-state index contributed by atoms with van der Waals surface area (Å²) in [6, 6.07) is 15.8. The molecule has 2 fully saturated rings. The number of hydrogen-bond acceptors (Lipinski definition) is 5. The van der Waals surface area contributed by atoms with Crippen molar-refractivity contribution in [2.75, 3.05) is 31.1 Å². The van der Waals surface area contributed by atoms with Crippen molar-refractivity contribution in [3.63, 3.8) is 0 Å². The molecule has 0 saturated carbocycles. The smallest absolute Gasteiger partial charge is 0.253 e. The van der Waals surface area contributed by atoms with Gasteiger partial charge >= 0.3 is 0 Å². The molecule has 2 saturated heterocycles. The van der Waals surface area contributed by atoms with Crippen molar-refractivity contribution in [3.8, 4) is 5.69 Å². The van der Waals surface area contributed by atoms with Gasteiger partial charge in [0.05, 0.1) is 5.69 Å². The van der Waals surface area contributed by atoms with E-state index >= 15 is 0 Å². The zero-order chi connectivity index (χ0) is 21.9. The molecular weight excluding hydrogens is 442 g/mol. The number of hydrogen-bond donors (Lipinski definition) is 0. The second-order valence-corrected chi connectivity index (χ2v) is 9.66. The van der Waals surface area contributed by atoms with Crippen LogP contribution in [0.25, 0.3) is 5.69 Å². The number of carbonyl (C=O) groups excluding carboxylic acids is 1. The zero-order valence-electron chi connectivity index (χ0n) is 17.9. The Morgan fingerprint density at radius 3 is 2.38 bits per heavy atom. The first-order valence-electron chi connectivity index (χ1n) is 11.2. The molecule has 0 radical (unpaired) electrons. The van der Waals surface area contributed by atoms with Gasteiger partial charge in [-0.2, -0.15) is 0 Å². The van der Waals surface area contributed by atoms with Crippen LogP contribution in [0.1, 0.15) is 41.6 Å². The zero-order valence-corrected chi connectivity index (χ0v) is 19.5. The maximum atomic E-state index is 12.6. The fourth-order valence-corrected chi connectivity index (χ4v) is 5.40. The molecule has 0 unspecified atom stereocenters. The highest BCUT2D eigenvalue weighted by molar-refractivity contribution is 7.98. The summed E-state index contributed by atoms with van der Waals surface area (Å²) in [6.45, 7) is 3.73. The first-order valence-corrected chi connectivity index (χ1v) is 12.5. The summed E-state index contributed by atoms with van der Waals surface area (Å²) in [5, 5.41) is 10.6. The van der Waals surface area contributed by atoms with Crippen molar-refractivity contribution in [1.82, 2.24) is 19.7 Å². The molecule has 0 N–H and O–H groups in total. The van der Waals surface area contributed by atoms with Crippen molar-refractivity contribution < 1.29 is 4.79 Å². The number of thioether (sulfide) groups is 1. The van der Waals surface area contributed by atoms with Crippen LogP contribution < -0.4 is 4.90 Å². The van der Waals surface area contributed by atoms with Crippen molar-refractivity contribution >= 4 is 35.2 Å².